The third-order valence-corrected chi connectivity index (χ3v) is 11.5. The second-order valence-electron chi connectivity index (χ2n) is 13.4. The van der Waals surface area contributed by atoms with Crippen LogP contribution >= 0.6 is 0 Å². The molecule has 3 heteroatoms. The summed E-state index contributed by atoms with van der Waals surface area (Å²) in [6, 6.07) is 2.25. The van der Waals surface area contributed by atoms with Crippen LogP contribution in [-0.4, -0.2) is 12.6 Å². The summed E-state index contributed by atoms with van der Waals surface area (Å²) in [6.07, 6.45) is 14.7. The van der Waals surface area contributed by atoms with Gasteiger partial charge in [-0.15, -0.1) is 0 Å². The van der Waals surface area contributed by atoms with Gasteiger partial charge >= 0.3 is 0 Å². The summed E-state index contributed by atoms with van der Waals surface area (Å²) in [6.45, 7) is 17.1. The van der Waals surface area contributed by atoms with Crippen molar-refractivity contribution in [2.24, 2.45) is 58.2 Å². The molecule has 34 heavy (non-hydrogen) atoms. The fraction of sp³-hybridized carbons (Fsp3) is 0.935. The van der Waals surface area contributed by atoms with Crippen molar-refractivity contribution in [1.29, 1.82) is 5.26 Å². The molecule has 0 heterocycles. The van der Waals surface area contributed by atoms with Crippen molar-refractivity contribution in [2.45, 2.75) is 125 Å². The third kappa shape index (κ3) is 5.22. The monoisotopic (exact) mass is 471 g/mol. The Hall–Kier alpha value is -1.04. The summed E-state index contributed by atoms with van der Waals surface area (Å²) in [5.74, 6) is 6.22. The molecule has 0 aromatic rings. The normalized spacial score (nSPS) is 42.7. The van der Waals surface area contributed by atoms with E-state index in [0.717, 1.165) is 48.3 Å². The summed E-state index contributed by atoms with van der Waals surface area (Å²) < 4.78 is 5.36. The quantitative estimate of drug-likeness (QED) is 0.365. The van der Waals surface area contributed by atoms with E-state index in [0.29, 0.717) is 23.2 Å². The van der Waals surface area contributed by atoms with Crippen molar-refractivity contribution >= 4 is 6.47 Å². The standard InChI is InChI=1S/C23H38O2.C8H15N/c1-15(2)19-7-8-20-18-6-5-16-13-17(25-14-24)9-11-22(16,3)21(18)10-12-23(19,20)4;1-4-5-7(2)8(3)6-9/h14-21H,5-13H2,1-4H3;7-8H,4-5H2,1-3H3/t16-,17?,18?,19?,20?,21?,22?,23?;/m0./s1. The van der Waals surface area contributed by atoms with E-state index in [2.05, 4.69) is 47.6 Å². The largest absolute Gasteiger partial charge is 0.465 e. The predicted molar refractivity (Wildman–Crippen MR) is 140 cm³/mol. The molecule has 9 unspecified atom stereocenters. The van der Waals surface area contributed by atoms with Gasteiger partial charge in [-0.1, -0.05) is 48.0 Å². The van der Waals surface area contributed by atoms with E-state index in [1.807, 2.05) is 6.92 Å². The number of carbonyl (C=O) groups is 1. The lowest BCUT2D eigenvalue weighted by Crippen LogP contribution is -2.54. The number of nitrogens with zero attached hydrogens (tertiary/aromatic N) is 1. The average molecular weight is 472 g/mol. The minimum Gasteiger partial charge on any atom is -0.465 e. The highest BCUT2D eigenvalue weighted by atomic mass is 16.5. The van der Waals surface area contributed by atoms with Gasteiger partial charge in [-0.05, 0) is 123 Å². The highest BCUT2D eigenvalue weighted by Gasteiger charge is 2.60. The number of ether oxygens (including phenoxy) is 1. The number of hydrogen-bond donors (Lipinski definition) is 0. The Labute approximate surface area is 210 Å². The first kappa shape index (κ1) is 27.5. The summed E-state index contributed by atoms with van der Waals surface area (Å²) in [5, 5.41) is 8.48. The zero-order valence-electron chi connectivity index (χ0n) is 23.3. The molecule has 0 spiro atoms. The van der Waals surface area contributed by atoms with Crippen molar-refractivity contribution < 1.29 is 9.53 Å². The fourth-order valence-electron chi connectivity index (χ4n) is 9.39. The number of rotatable bonds is 6. The van der Waals surface area contributed by atoms with E-state index >= 15 is 0 Å². The van der Waals surface area contributed by atoms with E-state index in [9.17, 15) is 4.79 Å². The summed E-state index contributed by atoms with van der Waals surface area (Å²) in [4.78, 5) is 10.8. The lowest BCUT2D eigenvalue weighted by molar-refractivity contribution is -0.150. The van der Waals surface area contributed by atoms with E-state index < -0.39 is 0 Å². The molecule has 0 amide bonds. The molecule has 4 aliphatic rings. The molecule has 4 saturated carbocycles. The van der Waals surface area contributed by atoms with Gasteiger partial charge in [-0.2, -0.15) is 5.26 Å². The fourth-order valence-corrected chi connectivity index (χ4v) is 9.39. The van der Waals surface area contributed by atoms with Gasteiger partial charge in [0.15, 0.2) is 0 Å². The maximum Gasteiger partial charge on any atom is 0.293 e. The lowest BCUT2D eigenvalue weighted by Gasteiger charge is -2.61. The van der Waals surface area contributed by atoms with E-state index in [-0.39, 0.29) is 12.0 Å². The van der Waals surface area contributed by atoms with Crippen LogP contribution in [0.3, 0.4) is 0 Å². The van der Waals surface area contributed by atoms with Gasteiger partial charge in [-0.25, -0.2) is 0 Å². The highest BCUT2D eigenvalue weighted by molar-refractivity contribution is 5.37. The first-order valence-electron chi connectivity index (χ1n) is 14.6. The second kappa shape index (κ2) is 11.3. The van der Waals surface area contributed by atoms with Gasteiger partial charge in [0, 0.05) is 5.92 Å². The summed E-state index contributed by atoms with van der Waals surface area (Å²) in [7, 11) is 0. The lowest BCUT2D eigenvalue weighted by atomic mass is 9.44. The molecule has 194 valence electrons. The van der Waals surface area contributed by atoms with E-state index in [1.165, 1.54) is 57.8 Å². The highest BCUT2D eigenvalue weighted by Crippen LogP contribution is 2.68. The minimum absolute atomic E-state index is 0.192. The van der Waals surface area contributed by atoms with Gasteiger partial charge < -0.3 is 4.74 Å². The van der Waals surface area contributed by atoms with E-state index in [4.69, 9.17) is 10.00 Å². The SMILES string of the molecule is CC(C)C1CCC2C3CC[C@H]4CC(OC=O)CCC4(C)C3CCC12C.CCCC(C)C(C)C#N. The molecule has 10 atom stereocenters. The zero-order valence-corrected chi connectivity index (χ0v) is 23.3. The summed E-state index contributed by atoms with van der Waals surface area (Å²) in [5.41, 5.74) is 1.11. The number of nitriles is 1. The zero-order chi connectivity index (χ0) is 25.1. The van der Waals surface area contributed by atoms with Crippen molar-refractivity contribution in [3.63, 3.8) is 0 Å². The van der Waals surface area contributed by atoms with Crippen LogP contribution in [0.25, 0.3) is 0 Å². The molecule has 0 aliphatic heterocycles. The first-order valence-corrected chi connectivity index (χ1v) is 14.6. The van der Waals surface area contributed by atoms with Crippen LogP contribution in [-0.2, 0) is 9.53 Å². The topological polar surface area (TPSA) is 50.1 Å². The first-order chi connectivity index (χ1) is 16.1. The number of hydrogen-bond acceptors (Lipinski definition) is 3. The van der Waals surface area contributed by atoms with Crippen molar-refractivity contribution in [2.75, 3.05) is 0 Å². The Bertz CT molecular complexity index is 713. The van der Waals surface area contributed by atoms with Gasteiger partial charge in [0.25, 0.3) is 6.47 Å². The molecule has 0 bridgehead atoms. The van der Waals surface area contributed by atoms with Crippen molar-refractivity contribution in [1.82, 2.24) is 0 Å². The molecular formula is C31H53NO2. The Morgan fingerprint density at radius 3 is 2.26 bits per heavy atom. The van der Waals surface area contributed by atoms with Crippen LogP contribution in [0, 0.1) is 69.5 Å². The van der Waals surface area contributed by atoms with Crippen molar-refractivity contribution in [3.05, 3.63) is 0 Å². The molecule has 4 rings (SSSR count). The van der Waals surface area contributed by atoms with Crippen LogP contribution in [0.4, 0.5) is 0 Å². The minimum atomic E-state index is 0.192. The Balaban J connectivity index is 0.000000309. The van der Waals surface area contributed by atoms with Crippen molar-refractivity contribution in [3.8, 4) is 6.07 Å². The maximum absolute atomic E-state index is 10.8. The van der Waals surface area contributed by atoms with Crippen LogP contribution in [0.15, 0.2) is 0 Å². The Kier molecular flexibility index (Phi) is 9.19. The van der Waals surface area contributed by atoms with Gasteiger partial charge in [0.1, 0.15) is 6.10 Å². The predicted octanol–water partition coefficient (Wildman–Crippen LogP) is 8.43. The van der Waals surface area contributed by atoms with Gasteiger partial charge in [0.2, 0.25) is 0 Å². The van der Waals surface area contributed by atoms with E-state index in [1.54, 1.807) is 0 Å². The molecular weight excluding hydrogens is 418 g/mol. The van der Waals surface area contributed by atoms with Gasteiger partial charge in [0.05, 0.1) is 6.07 Å². The molecule has 4 aliphatic carbocycles. The molecule has 0 saturated heterocycles. The second-order valence-corrected chi connectivity index (χ2v) is 13.4. The smallest absolute Gasteiger partial charge is 0.293 e. The molecule has 0 N–H and O–H groups in total. The van der Waals surface area contributed by atoms with Crippen LogP contribution < -0.4 is 0 Å². The Morgan fingerprint density at radius 2 is 1.65 bits per heavy atom. The van der Waals surface area contributed by atoms with Crippen LogP contribution in [0.1, 0.15) is 119 Å². The molecule has 0 aromatic heterocycles. The van der Waals surface area contributed by atoms with Crippen LogP contribution in [0.5, 0.6) is 0 Å². The maximum atomic E-state index is 10.8. The van der Waals surface area contributed by atoms with Gasteiger partial charge in [-0.3, -0.25) is 4.79 Å². The third-order valence-electron chi connectivity index (χ3n) is 11.5. The molecule has 0 aromatic carbocycles. The number of fused-ring (bicyclic) bond motifs is 5. The Morgan fingerprint density at radius 1 is 0.971 bits per heavy atom. The molecule has 0 radical (unpaired) electrons. The number of carbonyl (C=O) groups excluding carboxylic acids is 1. The summed E-state index contributed by atoms with van der Waals surface area (Å²) >= 11 is 0. The molecule has 3 nitrogen and oxygen atoms in total. The average Bonchev–Trinajstić information content (AvgIpc) is 3.17. The van der Waals surface area contributed by atoms with Crippen LogP contribution in [0.2, 0.25) is 0 Å². The molecule has 4 fully saturated rings.